The smallest absolute Gasteiger partial charge is 0.269 e. The zero-order valence-electron chi connectivity index (χ0n) is 13.9. The first-order valence-electron chi connectivity index (χ1n) is 8.29. The van der Waals surface area contributed by atoms with Gasteiger partial charge in [0.2, 0.25) is 0 Å². The molecule has 0 aromatic heterocycles. The first-order chi connectivity index (χ1) is 12.1. The number of hydrogen-bond acceptors (Lipinski definition) is 4. The summed E-state index contributed by atoms with van der Waals surface area (Å²) in [6.07, 6.45) is 3.51. The Morgan fingerprint density at radius 1 is 1.12 bits per heavy atom. The molecule has 0 heterocycles. The second kappa shape index (κ2) is 7.65. The van der Waals surface area contributed by atoms with Crippen LogP contribution >= 0.6 is 0 Å². The molecule has 7 heteroatoms. The van der Waals surface area contributed by atoms with Crippen LogP contribution in [0, 0.1) is 10.1 Å². The molecule has 0 amide bonds. The predicted octanol–water partition coefficient (Wildman–Crippen LogP) is 2.92. The van der Waals surface area contributed by atoms with Gasteiger partial charge in [-0.05, 0) is 54.7 Å². The third kappa shape index (κ3) is 4.47. The monoisotopic (exact) mass is 339 g/mol. The summed E-state index contributed by atoms with van der Waals surface area (Å²) in [7, 11) is 0. The maximum absolute atomic E-state index is 10.6. The van der Waals surface area contributed by atoms with Gasteiger partial charge in [-0.15, -0.1) is 0 Å². The van der Waals surface area contributed by atoms with Crippen LogP contribution in [-0.2, 0) is 12.8 Å². The molecule has 0 radical (unpaired) electrons. The van der Waals surface area contributed by atoms with E-state index in [4.69, 9.17) is 5.73 Å². The van der Waals surface area contributed by atoms with Gasteiger partial charge in [0.25, 0.3) is 5.69 Å². The molecular formula is C18H21N5O2. The van der Waals surface area contributed by atoms with Crippen molar-refractivity contribution in [2.24, 2.45) is 10.7 Å². The van der Waals surface area contributed by atoms with Gasteiger partial charge < -0.3 is 16.4 Å². The van der Waals surface area contributed by atoms with E-state index in [1.807, 2.05) is 6.07 Å². The number of benzene rings is 2. The Balaban J connectivity index is 1.46. The van der Waals surface area contributed by atoms with Crippen LogP contribution in [0.25, 0.3) is 0 Å². The van der Waals surface area contributed by atoms with E-state index in [1.165, 1.54) is 29.7 Å². The number of nitrogens with two attached hydrogens (primary N) is 1. The molecule has 0 saturated carbocycles. The Hall–Kier alpha value is -3.09. The Bertz CT molecular complexity index is 787. The van der Waals surface area contributed by atoms with E-state index < -0.39 is 4.92 Å². The maximum atomic E-state index is 10.6. The number of guanidine groups is 1. The second-order valence-electron chi connectivity index (χ2n) is 5.96. The molecule has 7 nitrogen and oxygen atoms in total. The number of nitrogens with zero attached hydrogens (tertiary/aromatic N) is 2. The number of nitro benzene ring substituents is 1. The molecule has 3 rings (SSSR count). The average Bonchev–Trinajstić information content (AvgIpc) is 3.07. The van der Waals surface area contributed by atoms with Crippen LogP contribution in [0.1, 0.15) is 17.5 Å². The molecule has 0 fully saturated rings. The first-order valence-corrected chi connectivity index (χ1v) is 8.29. The molecule has 2 aromatic carbocycles. The number of aliphatic imine (C=N–C) groups is 1. The van der Waals surface area contributed by atoms with Crippen LogP contribution in [0.2, 0.25) is 0 Å². The second-order valence-corrected chi connectivity index (χ2v) is 5.96. The van der Waals surface area contributed by atoms with E-state index in [0.29, 0.717) is 19.0 Å². The van der Waals surface area contributed by atoms with Crippen LogP contribution in [0.15, 0.2) is 47.5 Å². The molecule has 1 aliphatic carbocycles. The number of aryl methyl sites for hydroxylation is 2. The minimum absolute atomic E-state index is 0.0753. The molecule has 0 atom stereocenters. The molecule has 4 N–H and O–H groups in total. The Morgan fingerprint density at radius 2 is 1.84 bits per heavy atom. The van der Waals surface area contributed by atoms with Crippen LogP contribution in [0.3, 0.4) is 0 Å². The van der Waals surface area contributed by atoms with Gasteiger partial charge in [-0.3, -0.25) is 15.1 Å². The van der Waals surface area contributed by atoms with Gasteiger partial charge >= 0.3 is 0 Å². The van der Waals surface area contributed by atoms with Crippen LogP contribution in [0.5, 0.6) is 0 Å². The Morgan fingerprint density at radius 3 is 2.60 bits per heavy atom. The van der Waals surface area contributed by atoms with Crippen molar-refractivity contribution in [3.63, 3.8) is 0 Å². The lowest BCUT2D eigenvalue weighted by Crippen LogP contribution is -2.23. The van der Waals surface area contributed by atoms with Crippen molar-refractivity contribution in [3.8, 4) is 0 Å². The zero-order valence-corrected chi connectivity index (χ0v) is 13.9. The molecule has 2 aromatic rings. The fourth-order valence-corrected chi connectivity index (χ4v) is 2.91. The largest absolute Gasteiger partial charge is 0.383 e. The number of non-ortho nitro benzene ring substituents is 1. The fourth-order valence-electron chi connectivity index (χ4n) is 2.91. The standard InChI is InChI=1S/C18H21N5O2/c19-18(22-16-5-4-13-2-1-3-14(13)12-16)21-11-10-20-15-6-8-17(9-7-15)23(24)25/h4-9,12,20H,1-3,10-11H2,(H3,19,21,22). The van der Waals surface area contributed by atoms with Crippen molar-refractivity contribution in [3.05, 3.63) is 63.7 Å². The predicted molar refractivity (Wildman–Crippen MR) is 100 cm³/mol. The fraction of sp³-hybridized carbons (Fsp3) is 0.278. The highest BCUT2D eigenvalue weighted by Crippen LogP contribution is 2.24. The van der Waals surface area contributed by atoms with Crippen molar-refractivity contribution < 1.29 is 4.92 Å². The van der Waals surface area contributed by atoms with E-state index in [0.717, 1.165) is 24.2 Å². The molecule has 1 aliphatic rings. The van der Waals surface area contributed by atoms with Gasteiger partial charge in [0, 0.05) is 30.1 Å². The highest BCUT2D eigenvalue weighted by atomic mass is 16.6. The summed E-state index contributed by atoms with van der Waals surface area (Å²) in [5, 5.41) is 16.9. The molecule has 0 bridgehead atoms. The van der Waals surface area contributed by atoms with E-state index in [9.17, 15) is 10.1 Å². The molecule has 0 saturated heterocycles. The zero-order chi connectivity index (χ0) is 17.6. The summed E-state index contributed by atoms with van der Waals surface area (Å²) in [5.74, 6) is 0.378. The number of nitro groups is 1. The Kier molecular flexibility index (Phi) is 5.13. The average molecular weight is 339 g/mol. The van der Waals surface area contributed by atoms with Gasteiger partial charge in [-0.2, -0.15) is 0 Å². The van der Waals surface area contributed by atoms with Gasteiger partial charge in [0.05, 0.1) is 11.5 Å². The number of fused-ring (bicyclic) bond motifs is 1. The summed E-state index contributed by atoms with van der Waals surface area (Å²) in [5.41, 5.74) is 10.6. The quantitative estimate of drug-likeness (QED) is 0.247. The SMILES string of the molecule is NC(=NCCNc1ccc([N+](=O)[O-])cc1)Nc1ccc2c(c1)CCC2. The van der Waals surface area contributed by atoms with Crippen LogP contribution in [0.4, 0.5) is 17.1 Å². The molecule has 25 heavy (non-hydrogen) atoms. The van der Waals surface area contributed by atoms with Gasteiger partial charge in [-0.1, -0.05) is 6.07 Å². The van der Waals surface area contributed by atoms with Crippen LogP contribution < -0.4 is 16.4 Å². The molecule has 0 unspecified atom stereocenters. The minimum atomic E-state index is -0.417. The third-order valence-electron chi connectivity index (χ3n) is 4.17. The lowest BCUT2D eigenvalue weighted by atomic mass is 10.1. The summed E-state index contributed by atoms with van der Waals surface area (Å²) in [6, 6.07) is 12.6. The third-order valence-corrected chi connectivity index (χ3v) is 4.17. The van der Waals surface area contributed by atoms with E-state index in [2.05, 4.69) is 27.8 Å². The summed E-state index contributed by atoms with van der Waals surface area (Å²) < 4.78 is 0. The maximum Gasteiger partial charge on any atom is 0.269 e. The van der Waals surface area contributed by atoms with Crippen molar-refractivity contribution in [2.45, 2.75) is 19.3 Å². The number of rotatable bonds is 6. The van der Waals surface area contributed by atoms with E-state index >= 15 is 0 Å². The van der Waals surface area contributed by atoms with Crippen molar-refractivity contribution in [1.29, 1.82) is 0 Å². The van der Waals surface area contributed by atoms with Gasteiger partial charge in [-0.25, -0.2) is 0 Å². The van der Waals surface area contributed by atoms with Crippen molar-refractivity contribution in [2.75, 3.05) is 23.7 Å². The normalized spacial score (nSPS) is 13.4. The summed E-state index contributed by atoms with van der Waals surface area (Å²) in [6.45, 7) is 1.09. The highest BCUT2D eigenvalue weighted by molar-refractivity contribution is 5.92. The van der Waals surface area contributed by atoms with Gasteiger partial charge in [0.1, 0.15) is 0 Å². The number of hydrogen-bond donors (Lipinski definition) is 3. The number of nitrogens with one attached hydrogen (secondary N) is 2. The van der Waals surface area contributed by atoms with Crippen molar-refractivity contribution in [1.82, 2.24) is 0 Å². The molecular weight excluding hydrogens is 318 g/mol. The minimum Gasteiger partial charge on any atom is -0.383 e. The highest BCUT2D eigenvalue weighted by Gasteiger charge is 2.10. The van der Waals surface area contributed by atoms with Crippen LogP contribution in [-0.4, -0.2) is 24.0 Å². The van der Waals surface area contributed by atoms with E-state index in [-0.39, 0.29) is 5.69 Å². The lowest BCUT2D eigenvalue weighted by Gasteiger charge is -2.08. The topological polar surface area (TPSA) is 106 Å². The lowest BCUT2D eigenvalue weighted by molar-refractivity contribution is -0.384. The van der Waals surface area contributed by atoms with Crippen molar-refractivity contribution >= 4 is 23.0 Å². The molecule has 0 aliphatic heterocycles. The summed E-state index contributed by atoms with van der Waals surface area (Å²) >= 11 is 0. The van der Waals surface area contributed by atoms with E-state index in [1.54, 1.807) is 12.1 Å². The Labute approximate surface area is 146 Å². The molecule has 130 valence electrons. The first kappa shape index (κ1) is 16.8. The van der Waals surface area contributed by atoms with Gasteiger partial charge in [0.15, 0.2) is 5.96 Å². The molecule has 0 spiro atoms. The summed E-state index contributed by atoms with van der Waals surface area (Å²) in [4.78, 5) is 14.5. The number of anilines is 2.